The van der Waals surface area contributed by atoms with Gasteiger partial charge in [-0.05, 0) is 50.7 Å². The maximum Gasteiger partial charge on any atom is 0.0613 e. The molecule has 112 valence electrons. The van der Waals surface area contributed by atoms with Crippen molar-refractivity contribution >= 4 is 5.69 Å². The van der Waals surface area contributed by atoms with Gasteiger partial charge in [0.05, 0.1) is 6.61 Å². The maximum atomic E-state index is 9.54. The average Bonchev–Trinajstić information content (AvgIpc) is 2.83. The molecule has 1 fully saturated rings. The monoisotopic (exact) mass is 276 g/mol. The van der Waals surface area contributed by atoms with Crippen molar-refractivity contribution in [2.75, 3.05) is 24.6 Å². The minimum atomic E-state index is -0.342. The quantitative estimate of drug-likeness (QED) is 0.840. The fourth-order valence-corrected chi connectivity index (χ4v) is 3.49. The lowest BCUT2D eigenvalue weighted by Crippen LogP contribution is -2.47. The third kappa shape index (κ3) is 3.15. The first-order valence-electron chi connectivity index (χ1n) is 7.81. The van der Waals surface area contributed by atoms with Gasteiger partial charge in [0, 0.05) is 24.3 Å². The normalized spacial score (nSPS) is 25.9. The molecule has 2 atom stereocenters. The summed E-state index contributed by atoms with van der Waals surface area (Å²) in [6.45, 7) is 6.50. The summed E-state index contributed by atoms with van der Waals surface area (Å²) < 4.78 is 0. The van der Waals surface area contributed by atoms with E-state index in [9.17, 15) is 5.11 Å². The molecule has 0 aliphatic heterocycles. The van der Waals surface area contributed by atoms with E-state index in [0.29, 0.717) is 5.92 Å². The summed E-state index contributed by atoms with van der Waals surface area (Å²) >= 11 is 0. The fraction of sp³-hybridized carbons (Fsp3) is 0.647. The molecule has 1 saturated carbocycles. The van der Waals surface area contributed by atoms with Gasteiger partial charge in [-0.1, -0.05) is 24.6 Å². The lowest BCUT2D eigenvalue weighted by molar-refractivity contribution is 0.156. The summed E-state index contributed by atoms with van der Waals surface area (Å²) in [7, 11) is 0. The van der Waals surface area contributed by atoms with Crippen molar-refractivity contribution in [2.45, 2.75) is 45.1 Å². The van der Waals surface area contributed by atoms with Gasteiger partial charge in [-0.2, -0.15) is 0 Å². The van der Waals surface area contributed by atoms with E-state index in [2.05, 4.69) is 43.0 Å². The molecule has 0 amide bonds. The Bertz CT molecular complexity index is 435. The Labute approximate surface area is 122 Å². The molecule has 0 heterocycles. The summed E-state index contributed by atoms with van der Waals surface area (Å²) in [6, 6.07) is 8.53. The van der Waals surface area contributed by atoms with E-state index in [-0.39, 0.29) is 12.1 Å². The molecule has 0 aromatic heterocycles. The average molecular weight is 276 g/mol. The highest BCUT2D eigenvalue weighted by Gasteiger charge is 2.38. The van der Waals surface area contributed by atoms with Crippen molar-refractivity contribution in [3.05, 3.63) is 29.8 Å². The van der Waals surface area contributed by atoms with Gasteiger partial charge in [0.25, 0.3) is 0 Å². The van der Waals surface area contributed by atoms with Crippen molar-refractivity contribution in [2.24, 2.45) is 11.7 Å². The molecule has 3 N–H and O–H groups in total. The van der Waals surface area contributed by atoms with Crippen LogP contribution in [0.5, 0.6) is 0 Å². The first kappa shape index (κ1) is 15.3. The van der Waals surface area contributed by atoms with Crippen LogP contribution in [0.3, 0.4) is 0 Å². The summed E-state index contributed by atoms with van der Waals surface area (Å²) in [5, 5.41) is 9.54. The first-order chi connectivity index (χ1) is 9.60. The number of aliphatic hydroxyl groups excluding tert-OH is 1. The Kier molecular flexibility index (Phi) is 5.06. The Hall–Kier alpha value is -1.06. The molecule has 20 heavy (non-hydrogen) atoms. The highest BCUT2D eigenvalue weighted by Crippen LogP contribution is 2.36. The van der Waals surface area contributed by atoms with Gasteiger partial charge in [-0.15, -0.1) is 0 Å². The Morgan fingerprint density at radius 1 is 1.40 bits per heavy atom. The van der Waals surface area contributed by atoms with Gasteiger partial charge in [-0.25, -0.2) is 0 Å². The van der Waals surface area contributed by atoms with E-state index in [1.807, 2.05) is 0 Å². The zero-order chi connectivity index (χ0) is 14.6. The van der Waals surface area contributed by atoms with Crippen LogP contribution in [0.15, 0.2) is 24.3 Å². The van der Waals surface area contributed by atoms with Gasteiger partial charge < -0.3 is 15.7 Å². The summed E-state index contributed by atoms with van der Waals surface area (Å²) in [5.74, 6) is 0.450. The highest BCUT2D eigenvalue weighted by atomic mass is 16.3. The number of benzene rings is 1. The number of aryl methyl sites for hydroxylation is 1. The van der Waals surface area contributed by atoms with Gasteiger partial charge in [0.1, 0.15) is 0 Å². The number of nitrogens with zero attached hydrogens (tertiary/aromatic N) is 1. The van der Waals surface area contributed by atoms with E-state index < -0.39 is 0 Å². The van der Waals surface area contributed by atoms with E-state index in [1.165, 1.54) is 11.3 Å². The molecule has 2 unspecified atom stereocenters. The van der Waals surface area contributed by atoms with Gasteiger partial charge >= 0.3 is 0 Å². The van der Waals surface area contributed by atoms with Crippen LogP contribution in [0, 0.1) is 12.8 Å². The molecule has 0 radical (unpaired) electrons. The number of rotatable bonds is 6. The number of aliphatic hydroxyl groups is 1. The second-order valence-corrected chi connectivity index (χ2v) is 6.14. The van der Waals surface area contributed by atoms with Crippen LogP contribution < -0.4 is 10.6 Å². The molecule has 3 heteroatoms. The molecule has 3 nitrogen and oxygen atoms in total. The topological polar surface area (TPSA) is 49.5 Å². The molecule has 0 bridgehead atoms. The number of anilines is 1. The van der Waals surface area contributed by atoms with Crippen molar-refractivity contribution in [1.82, 2.24) is 0 Å². The predicted molar refractivity (Wildman–Crippen MR) is 85.0 cm³/mol. The second kappa shape index (κ2) is 6.59. The predicted octanol–water partition coefficient (Wildman–Crippen LogP) is 2.70. The zero-order valence-electron chi connectivity index (χ0n) is 12.8. The highest BCUT2D eigenvalue weighted by molar-refractivity contribution is 5.52. The smallest absolute Gasteiger partial charge is 0.0613 e. The first-order valence-corrected chi connectivity index (χ1v) is 7.81. The SMILES string of the molecule is CCN(CCC1CCCC1(N)CO)c1ccccc1C. The van der Waals surface area contributed by atoms with Crippen LogP contribution in [-0.2, 0) is 0 Å². The van der Waals surface area contributed by atoms with Crippen molar-refractivity contribution in [3.8, 4) is 0 Å². The molecular weight excluding hydrogens is 248 g/mol. The third-order valence-corrected chi connectivity index (χ3v) is 4.89. The summed E-state index contributed by atoms with van der Waals surface area (Å²) in [6.07, 6.45) is 4.34. The molecule has 0 saturated heterocycles. The zero-order valence-corrected chi connectivity index (χ0v) is 12.8. The molecular formula is C17H28N2O. The van der Waals surface area contributed by atoms with Gasteiger partial charge in [0.2, 0.25) is 0 Å². The molecule has 1 aromatic carbocycles. The molecule has 2 rings (SSSR count). The summed E-state index contributed by atoms with van der Waals surface area (Å²) in [4.78, 5) is 2.42. The Balaban J connectivity index is 2.00. The van der Waals surface area contributed by atoms with E-state index in [1.54, 1.807) is 0 Å². The number of para-hydroxylation sites is 1. The van der Waals surface area contributed by atoms with Crippen LogP contribution in [-0.4, -0.2) is 30.3 Å². The second-order valence-electron chi connectivity index (χ2n) is 6.14. The standard InChI is InChI=1S/C17H28N2O/c1-3-19(16-9-5-4-7-14(16)2)12-10-15-8-6-11-17(15,18)13-20/h4-5,7,9,15,20H,3,6,8,10-13,18H2,1-2H3. The van der Waals surface area contributed by atoms with Gasteiger partial charge in [-0.3, -0.25) is 0 Å². The van der Waals surface area contributed by atoms with Crippen LogP contribution in [0.2, 0.25) is 0 Å². The van der Waals surface area contributed by atoms with E-state index >= 15 is 0 Å². The third-order valence-electron chi connectivity index (χ3n) is 4.89. The minimum Gasteiger partial charge on any atom is -0.394 e. The van der Waals surface area contributed by atoms with Crippen LogP contribution in [0.25, 0.3) is 0 Å². The Morgan fingerprint density at radius 3 is 2.80 bits per heavy atom. The Morgan fingerprint density at radius 2 is 2.15 bits per heavy atom. The number of nitrogens with two attached hydrogens (primary N) is 1. The summed E-state index contributed by atoms with van der Waals surface area (Å²) in [5.41, 5.74) is 8.63. The number of hydrogen-bond donors (Lipinski definition) is 2. The van der Waals surface area contributed by atoms with Crippen LogP contribution >= 0.6 is 0 Å². The van der Waals surface area contributed by atoms with Crippen molar-refractivity contribution in [3.63, 3.8) is 0 Å². The lowest BCUT2D eigenvalue weighted by Gasteiger charge is -2.32. The maximum absolute atomic E-state index is 9.54. The largest absolute Gasteiger partial charge is 0.394 e. The fourth-order valence-electron chi connectivity index (χ4n) is 3.49. The molecule has 1 aliphatic rings. The lowest BCUT2D eigenvalue weighted by atomic mass is 9.86. The molecule has 1 aromatic rings. The van der Waals surface area contributed by atoms with Crippen molar-refractivity contribution in [1.29, 1.82) is 0 Å². The van der Waals surface area contributed by atoms with Crippen LogP contribution in [0.4, 0.5) is 5.69 Å². The number of hydrogen-bond acceptors (Lipinski definition) is 3. The van der Waals surface area contributed by atoms with Gasteiger partial charge in [0.15, 0.2) is 0 Å². The molecule has 0 spiro atoms. The minimum absolute atomic E-state index is 0.119. The van der Waals surface area contributed by atoms with Crippen LogP contribution in [0.1, 0.15) is 38.2 Å². The van der Waals surface area contributed by atoms with Crippen molar-refractivity contribution < 1.29 is 5.11 Å². The van der Waals surface area contributed by atoms with E-state index in [0.717, 1.165) is 38.8 Å². The van der Waals surface area contributed by atoms with E-state index in [4.69, 9.17) is 5.73 Å². The molecule has 1 aliphatic carbocycles.